The van der Waals surface area contributed by atoms with Crippen molar-refractivity contribution in [3.05, 3.63) is 12.1 Å². The number of anilines is 1. The molecule has 0 spiro atoms. The molecule has 1 amide bonds. The van der Waals surface area contributed by atoms with Gasteiger partial charge in [-0.15, -0.1) is 10.2 Å². The second-order valence-electron chi connectivity index (χ2n) is 6.56. The number of amides is 1. The highest BCUT2D eigenvalue weighted by Crippen LogP contribution is 2.19. The normalized spacial score (nSPS) is 19.3. The Morgan fingerprint density at radius 2 is 2.22 bits per heavy atom. The van der Waals surface area contributed by atoms with Gasteiger partial charge in [0.05, 0.1) is 6.54 Å². The minimum atomic E-state index is 0.00383. The Bertz CT molecular complexity index is 504. The number of likely N-dealkylation sites (tertiary alicyclic amines) is 1. The highest BCUT2D eigenvalue weighted by atomic mass is 16.5. The number of aromatic nitrogens is 2. The Morgan fingerprint density at radius 3 is 2.83 bits per heavy atom. The molecule has 2 unspecified atom stereocenters. The van der Waals surface area contributed by atoms with Crippen molar-refractivity contribution < 1.29 is 9.53 Å². The Balaban J connectivity index is 1.89. The zero-order valence-electron chi connectivity index (χ0n) is 14.7. The summed E-state index contributed by atoms with van der Waals surface area (Å²) in [5.74, 6) is 2.00. The number of carbonyl (C=O) groups excluding carboxylic acids is 1. The first-order chi connectivity index (χ1) is 11.0. The average molecular weight is 320 g/mol. The Kier molecular flexibility index (Phi) is 6.19. The monoisotopic (exact) mass is 320 g/mol. The second kappa shape index (κ2) is 8.13. The Hall–Kier alpha value is -1.85. The van der Waals surface area contributed by atoms with E-state index in [1.165, 1.54) is 0 Å². The maximum Gasteiger partial charge on any atom is 0.233 e. The van der Waals surface area contributed by atoms with Gasteiger partial charge in [-0.05, 0) is 24.8 Å². The molecule has 2 rings (SSSR count). The number of hydrogen-bond acceptors (Lipinski definition) is 5. The van der Waals surface area contributed by atoms with E-state index in [1.807, 2.05) is 36.0 Å². The minimum Gasteiger partial charge on any atom is -0.471 e. The van der Waals surface area contributed by atoms with Crippen LogP contribution >= 0.6 is 0 Å². The summed E-state index contributed by atoms with van der Waals surface area (Å²) in [6.07, 6.45) is 3.59. The molecule has 0 N–H and O–H groups in total. The van der Waals surface area contributed by atoms with E-state index in [-0.39, 0.29) is 12.0 Å². The van der Waals surface area contributed by atoms with Crippen LogP contribution in [0.2, 0.25) is 0 Å². The van der Waals surface area contributed by atoms with E-state index < -0.39 is 0 Å². The lowest BCUT2D eigenvalue weighted by Crippen LogP contribution is -2.44. The summed E-state index contributed by atoms with van der Waals surface area (Å²) < 4.78 is 5.92. The lowest BCUT2D eigenvalue weighted by atomic mass is 10.0. The van der Waals surface area contributed by atoms with Crippen LogP contribution in [-0.2, 0) is 4.79 Å². The van der Waals surface area contributed by atoms with Gasteiger partial charge >= 0.3 is 0 Å². The van der Waals surface area contributed by atoms with Crippen molar-refractivity contribution in [2.75, 3.05) is 32.1 Å². The fraction of sp³-hybridized carbons (Fsp3) is 0.706. The summed E-state index contributed by atoms with van der Waals surface area (Å²) in [4.78, 5) is 16.1. The summed E-state index contributed by atoms with van der Waals surface area (Å²) in [5, 5.41) is 8.23. The van der Waals surface area contributed by atoms with Gasteiger partial charge in [-0.2, -0.15) is 0 Å². The van der Waals surface area contributed by atoms with E-state index in [0.29, 0.717) is 24.8 Å². The molecule has 0 aliphatic carbocycles. The van der Waals surface area contributed by atoms with Crippen molar-refractivity contribution in [2.45, 2.75) is 45.6 Å². The molecule has 6 heteroatoms. The molecule has 6 nitrogen and oxygen atoms in total. The zero-order chi connectivity index (χ0) is 16.8. The van der Waals surface area contributed by atoms with E-state index in [2.05, 4.69) is 24.0 Å². The third-order valence-corrected chi connectivity index (χ3v) is 4.32. The third kappa shape index (κ3) is 5.08. The molecule has 128 valence electrons. The van der Waals surface area contributed by atoms with Gasteiger partial charge in [-0.3, -0.25) is 4.79 Å². The molecule has 1 fully saturated rings. The van der Waals surface area contributed by atoms with Crippen molar-refractivity contribution in [3.63, 3.8) is 0 Å². The maximum absolute atomic E-state index is 12.3. The molecule has 23 heavy (non-hydrogen) atoms. The number of ether oxygens (including phenoxy) is 1. The highest BCUT2D eigenvalue weighted by Gasteiger charge is 2.25. The van der Waals surface area contributed by atoms with Crippen LogP contribution in [0.15, 0.2) is 12.1 Å². The molecule has 0 aromatic carbocycles. The van der Waals surface area contributed by atoms with Crippen LogP contribution in [0.3, 0.4) is 0 Å². The SMILES string of the molecule is CCC(C)CC(=O)N1CCCC(Oc2ccc(N(C)C)nn2)C1. The number of piperidine rings is 1. The molecule has 2 atom stereocenters. The van der Waals surface area contributed by atoms with Crippen LogP contribution in [0.1, 0.15) is 39.5 Å². The van der Waals surface area contributed by atoms with E-state index >= 15 is 0 Å². The van der Waals surface area contributed by atoms with Gasteiger partial charge in [0.1, 0.15) is 6.10 Å². The van der Waals surface area contributed by atoms with Crippen LogP contribution in [0.5, 0.6) is 5.88 Å². The molecule has 0 radical (unpaired) electrons. The van der Waals surface area contributed by atoms with Gasteiger partial charge < -0.3 is 14.5 Å². The maximum atomic E-state index is 12.3. The number of hydrogen-bond donors (Lipinski definition) is 0. The van der Waals surface area contributed by atoms with E-state index in [9.17, 15) is 4.79 Å². The Labute approximate surface area is 138 Å². The van der Waals surface area contributed by atoms with Crippen LogP contribution < -0.4 is 9.64 Å². The molecule has 1 aromatic heterocycles. The van der Waals surface area contributed by atoms with Crippen LogP contribution in [0.25, 0.3) is 0 Å². The minimum absolute atomic E-state index is 0.00383. The number of carbonyl (C=O) groups is 1. The van der Waals surface area contributed by atoms with Gasteiger partial charge in [0.2, 0.25) is 11.8 Å². The third-order valence-electron chi connectivity index (χ3n) is 4.32. The number of rotatable bonds is 6. The molecule has 0 saturated carbocycles. The number of nitrogens with zero attached hydrogens (tertiary/aromatic N) is 4. The van der Waals surface area contributed by atoms with Crippen molar-refractivity contribution in [2.24, 2.45) is 5.92 Å². The highest BCUT2D eigenvalue weighted by molar-refractivity contribution is 5.76. The smallest absolute Gasteiger partial charge is 0.233 e. The van der Waals surface area contributed by atoms with Crippen molar-refractivity contribution >= 4 is 11.7 Å². The van der Waals surface area contributed by atoms with E-state index in [1.54, 1.807) is 0 Å². The summed E-state index contributed by atoms with van der Waals surface area (Å²) >= 11 is 0. The quantitative estimate of drug-likeness (QED) is 0.805. The predicted octanol–water partition coefficient (Wildman–Crippen LogP) is 2.35. The molecule has 2 heterocycles. The fourth-order valence-corrected chi connectivity index (χ4v) is 2.62. The molecule has 1 aromatic rings. The first-order valence-electron chi connectivity index (χ1n) is 8.45. The van der Waals surface area contributed by atoms with Crippen molar-refractivity contribution in [3.8, 4) is 5.88 Å². The van der Waals surface area contributed by atoms with E-state index in [0.717, 1.165) is 31.6 Å². The van der Waals surface area contributed by atoms with Gasteiger partial charge in [0.15, 0.2) is 5.82 Å². The van der Waals surface area contributed by atoms with Crippen molar-refractivity contribution in [1.82, 2.24) is 15.1 Å². The molecule has 1 aliphatic rings. The van der Waals surface area contributed by atoms with Gasteiger partial charge in [-0.25, -0.2) is 0 Å². The molecular weight excluding hydrogens is 292 g/mol. The molecule has 1 aliphatic heterocycles. The van der Waals surface area contributed by atoms with Gasteiger partial charge in [0, 0.05) is 33.1 Å². The van der Waals surface area contributed by atoms with Crippen LogP contribution in [0.4, 0.5) is 5.82 Å². The molecular formula is C17H28N4O2. The fourth-order valence-electron chi connectivity index (χ4n) is 2.62. The van der Waals surface area contributed by atoms with Crippen LogP contribution in [0, 0.1) is 5.92 Å². The van der Waals surface area contributed by atoms with E-state index in [4.69, 9.17) is 4.74 Å². The van der Waals surface area contributed by atoms with Gasteiger partial charge in [-0.1, -0.05) is 20.3 Å². The molecule has 0 bridgehead atoms. The summed E-state index contributed by atoms with van der Waals surface area (Å²) in [6.45, 7) is 5.72. The molecule has 1 saturated heterocycles. The second-order valence-corrected chi connectivity index (χ2v) is 6.56. The average Bonchev–Trinajstić information content (AvgIpc) is 2.55. The summed E-state index contributed by atoms with van der Waals surface area (Å²) in [6, 6.07) is 3.72. The topological polar surface area (TPSA) is 58.6 Å². The predicted molar refractivity (Wildman–Crippen MR) is 90.7 cm³/mol. The summed E-state index contributed by atoms with van der Waals surface area (Å²) in [5.41, 5.74) is 0. The first-order valence-corrected chi connectivity index (χ1v) is 8.45. The largest absolute Gasteiger partial charge is 0.471 e. The van der Waals surface area contributed by atoms with Gasteiger partial charge in [0.25, 0.3) is 0 Å². The summed E-state index contributed by atoms with van der Waals surface area (Å²) in [7, 11) is 3.85. The Morgan fingerprint density at radius 1 is 1.43 bits per heavy atom. The van der Waals surface area contributed by atoms with Crippen LogP contribution in [-0.4, -0.2) is 54.3 Å². The lowest BCUT2D eigenvalue weighted by molar-refractivity contribution is -0.134. The van der Waals surface area contributed by atoms with Crippen molar-refractivity contribution in [1.29, 1.82) is 0 Å². The standard InChI is InChI=1S/C17H28N4O2/c1-5-13(2)11-17(22)21-10-6-7-14(12-21)23-16-9-8-15(18-19-16)20(3)4/h8-9,13-14H,5-7,10-12H2,1-4H3. The zero-order valence-corrected chi connectivity index (χ0v) is 14.7. The first kappa shape index (κ1) is 17.5. The lowest BCUT2D eigenvalue weighted by Gasteiger charge is -2.33.